The Balaban J connectivity index is 1.96. The van der Waals surface area contributed by atoms with E-state index in [9.17, 15) is 20.1 Å². The maximum atomic E-state index is 12.0. The Morgan fingerprint density at radius 1 is 1.17 bits per heavy atom. The monoisotopic (exact) mass is 415 g/mol. The summed E-state index contributed by atoms with van der Waals surface area (Å²) in [5.74, 6) is -0.0880. The lowest BCUT2D eigenvalue weighted by molar-refractivity contribution is -0.120. The highest BCUT2D eigenvalue weighted by Crippen LogP contribution is 2.20. The van der Waals surface area contributed by atoms with Crippen LogP contribution in [0.2, 0.25) is 0 Å². The van der Waals surface area contributed by atoms with E-state index >= 15 is 0 Å². The Labute approximate surface area is 178 Å². The fraction of sp³-hybridized carbons (Fsp3) is 0.478. The molecule has 30 heavy (non-hydrogen) atoms. The van der Waals surface area contributed by atoms with Gasteiger partial charge < -0.3 is 26.0 Å². The summed E-state index contributed by atoms with van der Waals surface area (Å²) in [6, 6.07) is 11.0. The second-order valence-corrected chi connectivity index (χ2v) is 8.54. The van der Waals surface area contributed by atoms with Crippen molar-refractivity contribution in [1.82, 2.24) is 15.6 Å². The fourth-order valence-corrected chi connectivity index (χ4v) is 3.27. The summed E-state index contributed by atoms with van der Waals surface area (Å²) in [7, 11) is 0. The van der Waals surface area contributed by atoms with Crippen molar-refractivity contribution < 1.29 is 20.1 Å². The summed E-state index contributed by atoms with van der Waals surface area (Å²) in [6.45, 7) is 7.84. The number of aromatic nitrogens is 1. The molecule has 7 heteroatoms. The third-order valence-corrected chi connectivity index (χ3v) is 4.69. The summed E-state index contributed by atoms with van der Waals surface area (Å²) in [6.07, 6.45) is 0.184. The van der Waals surface area contributed by atoms with E-state index in [1.807, 2.05) is 52.0 Å². The lowest BCUT2D eigenvalue weighted by Gasteiger charge is -2.28. The van der Waals surface area contributed by atoms with Gasteiger partial charge in [0.05, 0.1) is 18.7 Å². The number of β-amino-alcohol motifs (C(OH)–C–C–N with tert-alkyl or cyclic N) is 1. The molecule has 1 aromatic carbocycles. The molecular weight excluding hydrogens is 382 g/mol. The first kappa shape index (κ1) is 23.8. The van der Waals surface area contributed by atoms with Gasteiger partial charge in [0.15, 0.2) is 0 Å². The molecular formula is C23H33N3O4. The number of carbonyl (C=O) groups is 1. The number of carbonyl (C=O) groups excluding carboxylic acids is 1. The lowest BCUT2D eigenvalue weighted by atomic mass is 9.93. The van der Waals surface area contributed by atoms with Crippen LogP contribution in [0, 0.1) is 0 Å². The van der Waals surface area contributed by atoms with Gasteiger partial charge in [-0.05, 0) is 57.4 Å². The molecule has 2 aromatic rings. The van der Waals surface area contributed by atoms with Gasteiger partial charge >= 0.3 is 0 Å². The van der Waals surface area contributed by atoms with Crippen molar-refractivity contribution in [2.24, 2.45) is 0 Å². The van der Waals surface area contributed by atoms with Crippen LogP contribution in [-0.4, -0.2) is 44.3 Å². The van der Waals surface area contributed by atoms with Crippen LogP contribution < -0.4 is 10.6 Å². The molecule has 0 saturated heterocycles. The fourth-order valence-electron chi connectivity index (χ4n) is 3.27. The number of aromatic hydroxyl groups is 1. The largest absolute Gasteiger partial charge is 0.506 e. The van der Waals surface area contributed by atoms with E-state index in [0.717, 1.165) is 11.1 Å². The molecule has 0 spiro atoms. The van der Waals surface area contributed by atoms with Crippen molar-refractivity contribution in [2.45, 2.75) is 64.8 Å². The van der Waals surface area contributed by atoms with E-state index in [4.69, 9.17) is 0 Å². The van der Waals surface area contributed by atoms with Crippen molar-refractivity contribution in [2.75, 3.05) is 6.54 Å². The number of aliphatic hydroxyl groups is 2. The maximum Gasteiger partial charge on any atom is 0.224 e. The molecule has 1 aromatic heterocycles. The Hall–Kier alpha value is -2.48. The first-order chi connectivity index (χ1) is 14.1. The molecule has 0 aliphatic rings. The molecule has 7 nitrogen and oxygen atoms in total. The number of nitrogens with one attached hydrogen (secondary N) is 2. The SMILES string of the molecule is CC(C)NC(=O)Cc1cccc(CC(C)(C)NCC(O)c2ccc(O)c(CO)n2)c1. The average Bonchev–Trinajstić information content (AvgIpc) is 2.65. The number of aliphatic hydroxyl groups excluding tert-OH is 2. The van der Waals surface area contributed by atoms with E-state index in [2.05, 4.69) is 15.6 Å². The van der Waals surface area contributed by atoms with Crippen LogP contribution >= 0.6 is 0 Å². The molecule has 164 valence electrons. The van der Waals surface area contributed by atoms with Crippen molar-refractivity contribution in [1.29, 1.82) is 0 Å². The van der Waals surface area contributed by atoms with E-state index in [1.165, 1.54) is 6.07 Å². The van der Waals surface area contributed by atoms with Crippen molar-refractivity contribution in [3.8, 4) is 5.75 Å². The van der Waals surface area contributed by atoms with E-state index in [0.29, 0.717) is 18.5 Å². The molecule has 1 unspecified atom stereocenters. The third-order valence-electron chi connectivity index (χ3n) is 4.69. The number of hydrogen-bond acceptors (Lipinski definition) is 6. The number of pyridine rings is 1. The summed E-state index contributed by atoms with van der Waals surface area (Å²) >= 11 is 0. The third kappa shape index (κ3) is 7.40. The maximum absolute atomic E-state index is 12.0. The van der Waals surface area contributed by atoms with Crippen LogP contribution in [0.25, 0.3) is 0 Å². The van der Waals surface area contributed by atoms with Gasteiger partial charge in [0.2, 0.25) is 5.91 Å². The summed E-state index contributed by atoms with van der Waals surface area (Å²) < 4.78 is 0. The minimum absolute atomic E-state index is 0.00584. The quantitative estimate of drug-likeness (QED) is 0.405. The topological polar surface area (TPSA) is 115 Å². The first-order valence-corrected chi connectivity index (χ1v) is 10.2. The van der Waals surface area contributed by atoms with Gasteiger partial charge in [0.1, 0.15) is 17.5 Å². The van der Waals surface area contributed by atoms with Gasteiger partial charge in [-0.1, -0.05) is 24.3 Å². The number of amides is 1. The molecule has 2 rings (SSSR count). The molecule has 0 fully saturated rings. The Morgan fingerprint density at radius 2 is 1.87 bits per heavy atom. The zero-order valence-corrected chi connectivity index (χ0v) is 18.1. The van der Waals surface area contributed by atoms with Crippen molar-refractivity contribution >= 4 is 5.91 Å². The number of hydrogen-bond donors (Lipinski definition) is 5. The minimum atomic E-state index is -0.874. The van der Waals surface area contributed by atoms with Gasteiger partial charge in [0, 0.05) is 18.1 Å². The Bertz CT molecular complexity index is 852. The van der Waals surface area contributed by atoms with Crippen molar-refractivity contribution in [3.05, 3.63) is 58.9 Å². The molecule has 1 amide bonds. The highest BCUT2D eigenvalue weighted by Gasteiger charge is 2.21. The first-order valence-electron chi connectivity index (χ1n) is 10.2. The second kappa shape index (κ2) is 10.5. The molecule has 1 heterocycles. The molecule has 0 bridgehead atoms. The predicted molar refractivity (Wildman–Crippen MR) is 116 cm³/mol. The zero-order chi connectivity index (χ0) is 22.3. The molecule has 1 atom stereocenters. The number of benzene rings is 1. The van der Waals surface area contributed by atoms with Crippen LogP contribution in [0.15, 0.2) is 36.4 Å². The van der Waals surface area contributed by atoms with E-state index in [1.54, 1.807) is 6.07 Å². The number of rotatable bonds is 10. The molecule has 0 aliphatic heterocycles. The van der Waals surface area contributed by atoms with Crippen LogP contribution in [0.1, 0.15) is 56.3 Å². The summed E-state index contributed by atoms with van der Waals surface area (Å²) in [5, 5.41) is 35.5. The Kier molecular flexibility index (Phi) is 8.34. The second-order valence-electron chi connectivity index (χ2n) is 8.54. The Morgan fingerprint density at radius 3 is 2.53 bits per heavy atom. The van der Waals surface area contributed by atoms with Crippen LogP contribution in [-0.2, 0) is 24.2 Å². The summed E-state index contributed by atoms with van der Waals surface area (Å²) in [4.78, 5) is 16.1. The van der Waals surface area contributed by atoms with Crippen LogP contribution in [0.3, 0.4) is 0 Å². The zero-order valence-electron chi connectivity index (χ0n) is 18.1. The van der Waals surface area contributed by atoms with E-state index in [-0.39, 0.29) is 35.5 Å². The molecule has 0 radical (unpaired) electrons. The smallest absolute Gasteiger partial charge is 0.224 e. The van der Waals surface area contributed by atoms with E-state index < -0.39 is 12.7 Å². The van der Waals surface area contributed by atoms with Gasteiger partial charge in [-0.2, -0.15) is 0 Å². The predicted octanol–water partition coefficient (Wildman–Crippen LogP) is 1.99. The lowest BCUT2D eigenvalue weighted by Crippen LogP contribution is -2.43. The molecule has 0 aliphatic carbocycles. The normalized spacial score (nSPS) is 12.8. The average molecular weight is 416 g/mol. The highest BCUT2D eigenvalue weighted by molar-refractivity contribution is 5.78. The highest BCUT2D eigenvalue weighted by atomic mass is 16.3. The standard InChI is InChI=1S/C23H33N3O4/c1-15(2)25-22(30)11-16-6-5-7-17(10-16)12-23(3,4)24-13-21(29)18-8-9-20(28)19(14-27)26-18/h5-10,15,21,24,27-29H,11-14H2,1-4H3,(H,25,30). The van der Waals surface area contributed by atoms with Crippen molar-refractivity contribution in [3.63, 3.8) is 0 Å². The summed E-state index contributed by atoms with van der Waals surface area (Å²) in [5.41, 5.74) is 2.28. The molecule has 0 saturated carbocycles. The van der Waals surface area contributed by atoms with Crippen LogP contribution in [0.4, 0.5) is 0 Å². The minimum Gasteiger partial charge on any atom is -0.506 e. The van der Waals surface area contributed by atoms with Gasteiger partial charge in [0.25, 0.3) is 0 Å². The molecule has 5 N–H and O–H groups in total. The number of nitrogens with zero attached hydrogens (tertiary/aromatic N) is 1. The van der Waals surface area contributed by atoms with Gasteiger partial charge in [-0.3, -0.25) is 4.79 Å². The van der Waals surface area contributed by atoms with Gasteiger partial charge in [-0.15, -0.1) is 0 Å². The van der Waals surface area contributed by atoms with Crippen LogP contribution in [0.5, 0.6) is 5.75 Å². The van der Waals surface area contributed by atoms with Gasteiger partial charge in [-0.25, -0.2) is 4.98 Å².